The SMILES string of the molecule is BP1(=O)OC[C@H]2O[C@@H](n3cnc4c(N)ncnc43)C(OC)C2OP(=O)(S)OC[C@H]2O[C@@H](n3cnc4c(N)ncnc43)C(F)C2O1. The average Bonchev–Trinajstić information content (AvgIpc) is 3.75. The summed E-state index contributed by atoms with van der Waals surface area (Å²) in [6.45, 7) is -5.16. The number of halogens is 1. The van der Waals surface area contributed by atoms with E-state index in [1.807, 2.05) is 0 Å². The van der Waals surface area contributed by atoms with Crippen molar-refractivity contribution >= 4 is 68.0 Å². The Morgan fingerprint density at radius 3 is 2.07 bits per heavy atom. The van der Waals surface area contributed by atoms with Gasteiger partial charge in [-0.2, -0.15) is 0 Å². The molecule has 3 fully saturated rings. The van der Waals surface area contributed by atoms with Crippen LogP contribution >= 0.6 is 26.5 Å². The predicted molar refractivity (Wildman–Crippen MR) is 157 cm³/mol. The van der Waals surface area contributed by atoms with Crippen molar-refractivity contribution in [1.82, 2.24) is 39.0 Å². The summed E-state index contributed by atoms with van der Waals surface area (Å²) >= 11 is 4.16. The average molecular weight is 686 g/mol. The Hall–Kier alpha value is -2.78. The molecule has 3 saturated heterocycles. The zero-order valence-corrected chi connectivity index (χ0v) is 26.2. The maximum Gasteiger partial charge on any atom is 0.386 e. The van der Waals surface area contributed by atoms with E-state index in [0.29, 0.717) is 11.2 Å². The monoisotopic (exact) mass is 686 g/mol. The van der Waals surface area contributed by atoms with E-state index in [9.17, 15) is 9.13 Å². The summed E-state index contributed by atoms with van der Waals surface area (Å²) < 4.78 is 86.7. The number of nitrogens with two attached hydrogens (primary N) is 2. The van der Waals surface area contributed by atoms with Gasteiger partial charge in [0.2, 0.25) is 0 Å². The highest BCUT2D eigenvalue weighted by Crippen LogP contribution is 2.58. The fourth-order valence-electron chi connectivity index (χ4n) is 5.55. The summed E-state index contributed by atoms with van der Waals surface area (Å²) in [6.07, 6.45) is -4.98. The van der Waals surface area contributed by atoms with E-state index in [4.69, 9.17) is 43.8 Å². The molecule has 7 rings (SSSR count). The molecular formula is C21H26BFN10O9P2S. The molecule has 240 valence electrons. The van der Waals surface area contributed by atoms with E-state index in [-0.39, 0.29) is 22.8 Å². The van der Waals surface area contributed by atoms with Crippen LogP contribution in [-0.4, -0.2) is 104 Å². The predicted octanol–water partition coefficient (Wildman–Crippen LogP) is 0.575. The normalized spacial score (nSPS) is 37.7. The molecular weight excluding hydrogens is 660 g/mol. The van der Waals surface area contributed by atoms with Crippen LogP contribution < -0.4 is 11.5 Å². The Labute approximate surface area is 259 Å². The Morgan fingerprint density at radius 2 is 1.44 bits per heavy atom. The number of hydrogen-bond acceptors (Lipinski definition) is 17. The number of thiol groups is 1. The quantitative estimate of drug-likeness (QED) is 0.152. The van der Waals surface area contributed by atoms with Gasteiger partial charge in [0.05, 0.1) is 25.9 Å². The molecule has 10 atom stereocenters. The van der Waals surface area contributed by atoms with Crippen LogP contribution in [-0.2, 0) is 41.4 Å². The number of methoxy groups -OCH3 is 1. The lowest BCUT2D eigenvalue weighted by Gasteiger charge is -2.29. The zero-order chi connectivity index (χ0) is 31.7. The van der Waals surface area contributed by atoms with Crippen molar-refractivity contribution in [3.63, 3.8) is 0 Å². The summed E-state index contributed by atoms with van der Waals surface area (Å²) in [6, 6.07) is 0. The lowest BCUT2D eigenvalue weighted by atomic mass is 10.1. The zero-order valence-electron chi connectivity index (χ0n) is 23.5. The molecule has 4 N–H and O–H groups in total. The van der Waals surface area contributed by atoms with E-state index >= 15 is 4.39 Å². The van der Waals surface area contributed by atoms with Crippen LogP contribution in [0.25, 0.3) is 22.3 Å². The van der Waals surface area contributed by atoms with E-state index in [1.54, 1.807) is 0 Å². The van der Waals surface area contributed by atoms with Gasteiger partial charge in [-0.25, -0.2) is 38.9 Å². The van der Waals surface area contributed by atoms with Crippen LogP contribution in [0.5, 0.6) is 0 Å². The van der Waals surface area contributed by atoms with Gasteiger partial charge in [0.15, 0.2) is 41.6 Å². The second-order valence-corrected chi connectivity index (χ2v) is 15.3. The standard InChI is InChI=1S/C21H26BFN10O9P2S/c1-36-15-14-9(40-21(15)33-7-31-12-17(25)27-5-29-19(12)33)2-37-43(22,34)41-13-8(3-38-44(35,45)42-14)39-20(10(13)23)32-6-30-11-16(24)26-4-28-18(11)32/h4-10,13-15,20-21H,2-3,22H2,1H3,(H,35,45)(H2,24,26,28)(H2,25,27,29)/t8-,9-,10?,13?,14?,15?,20-,21-,43?,44?/m1/s1. The lowest BCUT2D eigenvalue weighted by Crippen LogP contribution is -2.38. The molecule has 0 amide bonds. The van der Waals surface area contributed by atoms with E-state index < -0.39 is 76.6 Å². The first-order valence-corrected chi connectivity index (χ1v) is 18.0. The summed E-state index contributed by atoms with van der Waals surface area (Å²) in [5.74, 6) is 0.231. The molecule has 45 heavy (non-hydrogen) atoms. The van der Waals surface area contributed by atoms with Crippen molar-refractivity contribution in [3.8, 4) is 0 Å². The Kier molecular flexibility index (Phi) is 7.87. The molecule has 0 saturated carbocycles. The second-order valence-electron chi connectivity index (χ2n) is 10.4. The van der Waals surface area contributed by atoms with E-state index in [2.05, 4.69) is 42.2 Å². The maximum atomic E-state index is 16.1. The van der Waals surface area contributed by atoms with Crippen molar-refractivity contribution in [2.45, 2.75) is 49.1 Å². The first kappa shape index (κ1) is 30.9. The molecule has 3 aliphatic heterocycles. The minimum atomic E-state index is -4.22. The molecule has 7 heterocycles. The van der Waals surface area contributed by atoms with Gasteiger partial charge in [-0.3, -0.25) is 22.7 Å². The fraction of sp³-hybridized carbons (Fsp3) is 0.524. The van der Waals surface area contributed by atoms with Gasteiger partial charge in [0.1, 0.15) is 54.2 Å². The van der Waals surface area contributed by atoms with Gasteiger partial charge in [-0.05, 0) is 0 Å². The largest absolute Gasteiger partial charge is 0.386 e. The number of nitrogen functional groups attached to an aromatic ring is 2. The van der Waals surface area contributed by atoms with Gasteiger partial charge >= 0.3 is 6.80 Å². The van der Waals surface area contributed by atoms with Gasteiger partial charge in [-0.1, -0.05) is 12.2 Å². The number of hydrogen-bond donors (Lipinski definition) is 3. The molecule has 0 spiro atoms. The molecule has 0 bridgehead atoms. The minimum Gasteiger partial charge on any atom is -0.382 e. The smallest absolute Gasteiger partial charge is 0.382 e. The number of ether oxygens (including phenoxy) is 3. The van der Waals surface area contributed by atoms with Crippen molar-refractivity contribution in [2.24, 2.45) is 0 Å². The summed E-state index contributed by atoms with van der Waals surface area (Å²) in [5.41, 5.74) is 12.9. The van der Waals surface area contributed by atoms with Crippen LogP contribution in [0.1, 0.15) is 12.5 Å². The first-order chi connectivity index (χ1) is 21.5. The highest BCUT2D eigenvalue weighted by Gasteiger charge is 2.54. The first-order valence-electron chi connectivity index (χ1n) is 13.4. The van der Waals surface area contributed by atoms with Gasteiger partial charge < -0.3 is 34.7 Å². The second kappa shape index (κ2) is 11.5. The van der Waals surface area contributed by atoms with Gasteiger partial charge in [0.25, 0.3) is 15.0 Å². The molecule has 19 nitrogen and oxygen atoms in total. The van der Waals surface area contributed by atoms with Crippen LogP contribution in [0.3, 0.4) is 0 Å². The Balaban J connectivity index is 1.18. The summed E-state index contributed by atoms with van der Waals surface area (Å²) in [5, 5.41) is 0. The third kappa shape index (κ3) is 5.52. The highest BCUT2D eigenvalue weighted by atomic mass is 32.7. The minimum absolute atomic E-state index is 0.0841. The van der Waals surface area contributed by atoms with Crippen LogP contribution in [0.15, 0.2) is 25.3 Å². The molecule has 24 heteroatoms. The van der Waals surface area contributed by atoms with E-state index in [0.717, 1.165) is 0 Å². The fourth-order valence-corrected chi connectivity index (χ4v) is 8.21. The summed E-state index contributed by atoms with van der Waals surface area (Å²) in [7, 11) is -1.44. The van der Waals surface area contributed by atoms with Crippen LogP contribution in [0.2, 0.25) is 0 Å². The number of nitrogens with zero attached hydrogens (tertiary/aromatic N) is 8. The number of aromatic nitrogens is 8. The number of rotatable bonds is 3. The van der Waals surface area contributed by atoms with Crippen molar-refractivity contribution in [2.75, 3.05) is 31.8 Å². The van der Waals surface area contributed by atoms with Crippen LogP contribution in [0, 0.1) is 0 Å². The number of alkyl halides is 1. The molecule has 0 radical (unpaired) electrons. The molecule has 4 aromatic rings. The lowest BCUT2D eigenvalue weighted by molar-refractivity contribution is -0.0588. The summed E-state index contributed by atoms with van der Waals surface area (Å²) in [4.78, 5) is 24.6. The third-order valence-corrected chi connectivity index (χ3v) is 10.4. The number of imidazole rings is 2. The van der Waals surface area contributed by atoms with Crippen molar-refractivity contribution in [3.05, 3.63) is 25.3 Å². The van der Waals surface area contributed by atoms with Gasteiger partial charge in [-0.15, -0.1) is 0 Å². The van der Waals surface area contributed by atoms with Gasteiger partial charge in [0, 0.05) is 7.11 Å². The number of anilines is 2. The third-order valence-electron chi connectivity index (χ3n) is 7.59. The van der Waals surface area contributed by atoms with Crippen molar-refractivity contribution in [1.29, 1.82) is 0 Å². The molecule has 4 aromatic heterocycles. The molecule has 6 unspecified atom stereocenters. The molecule has 3 aliphatic rings. The van der Waals surface area contributed by atoms with Crippen LogP contribution in [0.4, 0.5) is 16.0 Å². The Morgan fingerprint density at radius 1 is 0.889 bits per heavy atom. The topological polar surface area (TPSA) is 238 Å². The van der Waals surface area contributed by atoms with Crippen molar-refractivity contribution < 1.29 is 45.8 Å². The number of fused-ring (bicyclic) bond motifs is 4. The molecule has 0 aromatic carbocycles. The Bertz CT molecular complexity index is 1860. The molecule has 0 aliphatic carbocycles. The van der Waals surface area contributed by atoms with E-state index in [1.165, 1.54) is 49.1 Å². The maximum absolute atomic E-state index is 16.1. The highest BCUT2D eigenvalue weighted by molar-refractivity contribution is 8.44.